The second-order valence-corrected chi connectivity index (χ2v) is 5.48. The SMILES string of the molecule is C.CC(=O)Nc1nccc(-c2ccc(C(C)(C)C)[nH]2)n1. The average molecular weight is 274 g/mol. The van der Waals surface area contributed by atoms with Gasteiger partial charge in [0, 0.05) is 24.2 Å². The highest BCUT2D eigenvalue weighted by atomic mass is 16.1. The number of aromatic nitrogens is 3. The number of aromatic amines is 1. The molecule has 20 heavy (non-hydrogen) atoms. The van der Waals surface area contributed by atoms with Crippen molar-refractivity contribution in [3.05, 3.63) is 30.1 Å². The number of hydrogen-bond donors (Lipinski definition) is 2. The van der Waals surface area contributed by atoms with Gasteiger partial charge in [-0.15, -0.1) is 0 Å². The number of nitrogens with zero attached hydrogens (tertiary/aromatic N) is 2. The van der Waals surface area contributed by atoms with Crippen molar-refractivity contribution in [2.24, 2.45) is 0 Å². The minimum absolute atomic E-state index is 0. The maximum atomic E-state index is 11.0. The third kappa shape index (κ3) is 3.66. The molecule has 2 aromatic heterocycles. The van der Waals surface area contributed by atoms with Crippen LogP contribution in [0.3, 0.4) is 0 Å². The summed E-state index contributed by atoms with van der Waals surface area (Å²) in [6.45, 7) is 7.87. The molecule has 1 amide bonds. The Bertz CT molecular complexity index is 596. The molecule has 5 heteroatoms. The summed E-state index contributed by atoms with van der Waals surface area (Å²) < 4.78 is 0. The first-order valence-electron chi connectivity index (χ1n) is 6.17. The van der Waals surface area contributed by atoms with Crippen LogP contribution in [0.2, 0.25) is 0 Å². The Kier molecular flexibility index (Phi) is 4.65. The zero-order chi connectivity index (χ0) is 14.0. The van der Waals surface area contributed by atoms with Gasteiger partial charge in [-0.05, 0) is 18.2 Å². The van der Waals surface area contributed by atoms with Gasteiger partial charge in [0.1, 0.15) is 0 Å². The second kappa shape index (κ2) is 5.86. The van der Waals surface area contributed by atoms with Crippen LogP contribution in [0.4, 0.5) is 5.95 Å². The summed E-state index contributed by atoms with van der Waals surface area (Å²) in [5, 5.41) is 2.58. The summed E-state index contributed by atoms with van der Waals surface area (Å²) in [5.74, 6) is 0.135. The Morgan fingerprint density at radius 3 is 2.50 bits per heavy atom. The van der Waals surface area contributed by atoms with E-state index >= 15 is 0 Å². The lowest BCUT2D eigenvalue weighted by Crippen LogP contribution is -2.11. The number of amides is 1. The molecule has 2 heterocycles. The van der Waals surface area contributed by atoms with Crippen molar-refractivity contribution in [3.8, 4) is 11.4 Å². The summed E-state index contributed by atoms with van der Waals surface area (Å²) in [7, 11) is 0. The van der Waals surface area contributed by atoms with Crippen molar-refractivity contribution in [3.63, 3.8) is 0 Å². The molecule has 0 unspecified atom stereocenters. The first kappa shape index (κ1) is 15.9. The molecule has 0 fully saturated rings. The summed E-state index contributed by atoms with van der Waals surface area (Å²) in [4.78, 5) is 22.7. The number of rotatable bonds is 2. The standard InChI is InChI=1S/C14H18N4O.CH4/c1-9(19)16-13-15-8-7-11(18-13)10-5-6-12(17-10)14(2,3)4;/h5-8,17H,1-4H3,(H,15,16,18,19);1H4. The zero-order valence-corrected chi connectivity index (χ0v) is 11.6. The monoisotopic (exact) mass is 274 g/mol. The number of carbonyl (C=O) groups excluding carboxylic acids is 1. The third-order valence-corrected chi connectivity index (χ3v) is 2.71. The third-order valence-electron chi connectivity index (χ3n) is 2.71. The Balaban J connectivity index is 0.00000200. The highest BCUT2D eigenvalue weighted by molar-refractivity contribution is 5.86. The van der Waals surface area contributed by atoms with Gasteiger partial charge in [0.15, 0.2) is 0 Å². The van der Waals surface area contributed by atoms with Crippen LogP contribution in [-0.2, 0) is 10.2 Å². The van der Waals surface area contributed by atoms with Crippen LogP contribution in [0, 0.1) is 0 Å². The van der Waals surface area contributed by atoms with E-state index in [1.807, 2.05) is 12.1 Å². The fourth-order valence-corrected chi connectivity index (χ4v) is 1.71. The van der Waals surface area contributed by atoms with Gasteiger partial charge in [0.25, 0.3) is 0 Å². The van der Waals surface area contributed by atoms with Gasteiger partial charge in [-0.3, -0.25) is 10.1 Å². The molecule has 2 rings (SSSR count). The molecular weight excluding hydrogens is 252 g/mol. The van der Waals surface area contributed by atoms with Crippen LogP contribution in [0.15, 0.2) is 24.4 Å². The number of nitrogens with one attached hydrogen (secondary N) is 2. The van der Waals surface area contributed by atoms with Crippen LogP contribution in [0.1, 0.15) is 40.8 Å². The molecule has 0 saturated carbocycles. The van der Waals surface area contributed by atoms with Crippen molar-refractivity contribution in [1.82, 2.24) is 15.0 Å². The van der Waals surface area contributed by atoms with Crippen LogP contribution < -0.4 is 5.32 Å². The van der Waals surface area contributed by atoms with Crippen LogP contribution >= 0.6 is 0 Å². The van der Waals surface area contributed by atoms with Gasteiger partial charge >= 0.3 is 0 Å². The minimum Gasteiger partial charge on any atom is -0.357 e. The maximum absolute atomic E-state index is 11.0. The first-order chi connectivity index (χ1) is 8.86. The van der Waals surface area contributed by atoms with Gasteiger partial charge in [-0.2, -0.15) is 0 Å². The van der Waals surface area contributed by atoms with Crippen molar-refractivity contribution in [1.29, 1.82) is 0 Å². The van der Waals surface area contributed by atoms with E-state index in [4.69, 9.17) is 0 Å². The molecule has 0 aliphatic heterocycles. The van der Waals surface area contributed by atoms with E-state index in [9.17, 15) is 4.79 Å². The lowest BCUT2D eigenvalue weighted by Gasteiger charge is -2.16. The molecule has 0 atom stereocenters. The van der Waals surface area contributed by atoms with Crippen molar-refractivity contribution in [2.45, 2.75) is 40.5 Å². The molecule has 0 saturated heterocycles. The predicted molar refractivity (Wildman–Crippen MR) is 81.6 cm³/mol. The Labute approximate surface area is 119 Å². The van der Waals surface area contributed by atoms with E-state index in [2.05, 4.69) is 47.1 Å². The van der Waals surface area contributed by atoms with Crippen LogP contribution in [0.5, 0.6) is 0 Å². The Morgan fingerprint density at radius 1 is 1.25 bits per heavy atom. The number of H-pyrrole nitrogens is 1. The van der Waals surface area contributed by atoms with E-state index in [0.29, 0.717) is 5.95 Å². The summed E-state index contributed by atoms with van der Waals surface area (Å²) in [6.07, 6.45) is 1.63. The molecule has 0 aliphatic carbocycles. The number of anilines is 1. The molecular formula is C15H22N4O. The van der Waals surface area contributed by atoms with Crippen molar-refractivity contribution < 1.29 is 4.79 Å². The van der Waals surface area contributed by atoms with E-state index in [1.54, 1.807) is 6.20 Å². The largest absolute Gasteiger partial charge is 0.357 e. The highest BCUT2D eigenvalue weighted by Crippen LogP contribution is 2.25. The molecule has 0 radical (unpaired) electrons. The van der Waals surface area contributed by atoms with Crippen molar-refractivity contribution >= 4 is 11.9 Å². The quantitative estimate of drug-likeness (QED) is 0.882. The van der Waals surface area contributed by atoms with E-state index in [-0.39, 0.29) is 18.7 Å². The van der Waals surface area contributed by atoms with Gasteiger partial charge in [-0.1, -0.05) is 28.2 Å². The highest BCUT2D eigenvalue weighted by Gasteiger charge is 2.16. The molecule has 0 aromatic carbocycles. The van der Waals surface area contributed by atoms with Crippen molar-refractivity contribution in [2.75, 3.05) is 5.32 Å². The first-order valence-corrected chi connectivity index (χ1v) is 6.17. The molecule has 2 aromatic rings. The van der Waals surface area contributed by atoms with Gasteiger partial charge in [0.05, 0.1) is 11.4 Å². The predicted octanol–water partition coefficient (Wildman–Crippen LogP) is 3.36. The number of hydrogen-bond acceptors (Lipinski definition) is 3. The molecule has 0 bridgehead atoms. The Morgan fingerprint density at radius 2 is 1.95 bits per heavy atom. The lowest BCUT2D eigenvalue weighted by atomic mass is 9.93. The topological polar surface area (TPSA) is 70.7 Å². The summed E-state index contributed by atoms with van der Waals surface area (Å²) in [5.41, 5.74) is 2.88. The molecule has 5 nitrogen and oxygen atoms in total. The zero-order valence-electron chi connectivity index (χ0n) is 11.6. The fraction of sp³-hybridized carbons (Fsp3) is 0.400. The molecule has 0 aliphatic rings. The van der Waals surface area contributed by atoms with Crippen LogP contribution in [-0.4, -0.2) is 20.9 Å². The van der Waals surface area contributed by atoms with Gasteiger partial charge in [-0.25, -0.2) is 9.97 Å². The van der Waals surface area contributed by atoms with E-state index in [0.717, 1.165) is 17.1 Å². The Hall–Kier alpha value is -2.17. The van der Waals surface area contributed by atoms with Crippen LogP contribution in [0.25, 0.3) is 11.4 Å². The second-order valence-electron chi connectivity index (χ2n) is 5.48. The normalized spacial score (nSPS) is 10.8. The minimum atomic E-state index is -0.181. The lowest BCUT2D eigenvalue weighted by molar-refractivity contribution is -0.114. The van der Waals surface area contributed by atoms with Gasteiger partial charge in [0.2, 0.25) is 11.9 Å². The number of carbonyl (C=O) groups is 1. The smallest absolute Gasteiger partial charge is 0.229 e. The fourth-order valence-electron chi connectivity index (χ4n) is 1.71. The van der Waals surface area contributed by atoms with Gasteiger partial charge < -0.3 is 4.98 Å². The maximum Gasteiger partial charge on any atom is 0.229 e. The summed E-state index contributed by atoms with van der Waals surface area (Å²) in [6, 6.07) is 5.85. The molecule has 108 valence electrons. The van der Waals surface area contributed by atoms with E-state index < -0.39 is 0 Å². The summed E-state index contributed by atoms with van der Waals surface area (Å²) >= 11 is 0. The molecule has 0 spiro atoms. The molecule has 2 N–H and O–H groups in total. The average Bonchev–Trinajstić information content (AvgIpc) is 2.77. The van der Waals surface area contributed by atoms with E-state index in [1.165, 1.54) is 6.92 Å².